The molecule has 2 aromatic rings. The average molecular weight is 489 g/mol. The molecule has 2 aliphatic heterocycles. The summed E-state index contributed by atoms with van der Waals surface area (Å²) < 4.78 is 1.09. The smallest absolute Gasteiger partial charge is 0.257 e. The minimum atomic E-state index is -0.730. The average Bonchev–Trinajstić information content (AvgIpc) is 2.99. The molecule has 4 rings (SSSR count). The van der Waals surface area contributed by atoms with Crippen LogP contribution in [0.2, 0.25) is 0 Å². The van der Waals surface area contributed by atoms with Gasteiger partial charge in [-0.3, -0.25) is 19.3 Å². The standard InChI is InChI=1S/C21H20IN3O3/c1-21-12-10-19(27)25(21)17-5-3-2-4-16(17)20(28)24(21)13-11-18(26)23-15-8-6-14(22)7-9-15/h2-9H,10-13H2,1H3,(H,23,26). The van der Waals surface area contributed by atoms with E-state index in [1.165, 1.54) is 0 Å². The van der Waals surface area contributed by atoms with Crippen molar-refractivity contribution >= 4 is 51.7 Å². The third kappa shape index (κ3) is 3.17. The lowest BCUT2D eigenvalue weighted by atomic mass is 9.98. The molecule has 2 heterocycles. The molecule has 0 aromatic heterocycles. The fourth-order valence-electron chi connectivity index (χ4n) is 4.01. The molecule has 144 valence electrons. The predicted molar refractivity (Wildman–Crippen MR) is 115 cm³/mol. The Morgan fingerprint density at radius 3 is 2.61 bits per heavy atom. The molecule has 2 aliphatic rings. The maximum absolute atomic E-state index is 13.1. The first kappa shape index (κ1) is 18.9. The zero-order valence-corrected chi connectivity index (χ0v) is 17.6. The summed E-state index contributed by atoms with van der Waals surface area (Å²) in [5, 5.41) is 2.86. The normalized spacial score (nSPS) is 20.8. The van der Waals surface area contributed by atoms with Gasteiger partial charge in [0.25, 0.3) is 5.91 Å². The van der Waals surface area contributed by atoms with E-state index in [4.69, 9.17) is 0 Å². The van der Waals surface area contributed by atoms with Crippen molar-refractivity contribution in [1.29, 1.82) is 0 Å². The molecule has 6 nitrogen and oxygen atoms in total. The van der Waals surface area contributed by atoms with Crippen molar-refractivity contribution in [2.45, 2.75) is 31.8 Å². The molecule has 3 amide bonds. The van der Waals surface area contributed by atoms with Crippen LogP contribution in [-0.4, -0.2) is 34.8 Å². The van der Waals surface area contributed by atoms with Crippen LogP contribution < -0.4 is 10.2 Å². The molecule has 1 fully saturated rings. The number of amides is 3. The van der Waals surface area contributed by atoms with Crippen LogP contribution in [0.25, 0.3) is 0 Å². The Balaban J connectivity index is 1.54. The van der Waals surface area contributed by atoms with Crippen LogP contribution in [0.3, 0.4) is 0 Å². The zero-order valence-electron chi connectivity index (χ0n) is 15.4. The molecule has 2 aromatic carbocycles. The first-order chi connectivity index (χ1) is 13.4. The van der Waals surface area contributed by atoms with Crippen LogP contribution in [0.1, 0.15) is 36.5 Å². The van der Waals surface area contributed by atoms with Crippen LogP contribution in [0.15, 0.2) is 48.5 Å². The SMILES string of the molecule is CC12CCC(=O)N1c1ccccc1C(=O)N2CCC(=O)Nc1ccc(I)cc1. The van der Waals surface area contributed by atoms with Crippen LogP contribution in [0.5, 0.6) is 0 Å². The number of fused-ring (bicyclic) bond motifs is 3. The number of rotatable bonds is 4. The van der Waals surface area contributed by atoms with Gasteiger partial charge in [0.15, 0.2) is 0 Å². The highest BCUT2D eigenvalue weighted by Crippen LogP contribution is 2.43. The van der Waals surface area contributed by atoms with Crippen LogP contribution in [0.4, 0.5) is 11.4 Å². The number of carbonyl (C=O) groups excluding carboxylic acids is 3. The summed E-state index contributed by atoms with van der Waals surface area (Å²) in [5.74, 6) is -0.283. The van der Waals surface area contributed by atoms with Crippen LogP contribution in [0, 0.1) is 3.57 Å². The van der Waals surface area contributed by atoms with E-state index in [-0.39, 0.29) is 30.7 Å². The maximum Gasteiger partial charge on any atom is 0.257 e. The first-order valence-electron chi connectivity index (χ1n) is 9.19. The number of carbonyl (C=O) groups is 3. The Morgan fingerprint density at radius 1 is 1.14 bits per heavy atom. The molecule has 0 radical (unpaired) electrons. The topological polar surface area (TPSA) is 69.7 Å². The number of nitrogens with one attached hydrogen (secondary N) is 1. The summed E-state index contributed by atoms with van der Waals surface area (Å²) in [6.45, 7) is 2.16. The largest absolute Gasteiger partial charge is 0.326 e. The first-order valence-corrected chi connectivity index (χ1v) is 10.3. The van der Waals surface area contributed by atoms with Gasteiger partial charge in [-0.15, -0.1) is 0 Å². The number of hydrogen-bond donors (Lipinski definition) is 1. The summed E-state index contributed by atoms with van der Waals surface area (Å²) >= 11 is 2.21. The Bertz CT molecular complexity index is 960. The lowest BCUT2D eigenvalue weighted by Crippen LogP contribution is -2.62. The summed E-state index contributed by atoms with van der Waals surface area (Å²) in [7, 11) is 0. The molecule has 1 saturated heterocycles. The van der Waals surface area contributed by atoms with Crippen molar-refractivity contribution in [2.75, 3.05) is 16.8 Å². The van der Waals surface area contributed by atoms with Crippen molar-refractivity contribution in [3.05, 3.63) is 57.7 Å². The summed E-state index contributed by atoms with van der Waals surface area (Å²) in [6.07, 6.45) is 1.12. The van der Waals surface area contributed by atoms with Gasteiger partial charge in [-0.25, -0.2) is 0 Å². The molecular weight excluding hydrogens is 469 g/mol. The molecule has 1 atom stereocenters. The number of benzene rings is 2. The number of anilines is 2. The van der Waals surface area contributed by atoms with Gasteiger partial charge in [-0.05, 0) is 72.3 Å². The van der Waals surface area contributed by atoms with Gasteiger partial charge in [0.2, 0.25) is 11.8 Å². The van der Waals surface area contributed by atoms with Crippen molar-refractivity contribution in [3.63, 3.8) is 0 Å². The zero-order chi connectivity index (χ0) is 19.9. The molecule has 0 saturated carbocycles. The van der Waals surface area contributed by atoms with Crippen LogP contribution >= 0.6 is 22.6 Å². The highest BCUT2D eigenvalue weighted by atomic mass is 127. The van der Waals surface area contributed by atoms with Gasteiger partial charge in [-0.2, -0.15) is 0 Å². The Morgan fingerprint density at radius 2 is 1.86 bits per heavy atom. The summed E-state index contributed by atoms with van der Waals surface area (Å²) in [4.78, 5) is 41.5. The quantitative estimate of drug-likeness (QED) is 0.668. The van der Waals surface area contributed by atoms with E-state index >= 15 is 0 Å². The second kappa shape index (κ2) is 7.20. The monoisotopic (exact) mass is 489 g/mol. The summed E-state index contributed by atoms with van der Waals surface area (Å²) in [6, 6.07) is 14.7. The molecule has 0 bridgehead atoms. The van der Waals surface area contributed by atoms with Crippen LogP contribution in [-0.2, 0) is 9.59 Å². The van der Waals surface area contributed by atoms with Crippen molar-refractivity contribution < 1.29 is 14.4 Å². The van der Waals surface area contributed by atoms with Crippen molar-refractivity contribution in [1.82, 2.24) is 4.90 Å². The Hall–Kier alpha value is -2.42. The second-order valence-corrected chi connectivity index (χ2v) is 8.47. The number of hydrogen-bond acceptors (Lipinski definition) is 3. The van der Waals surface area contributed by atoms with Gasteiger partial charge in [0.05, 0.1) is 11.3 Å². The van der Waals surface area contributed by atoms with Gasteiger partial charge in [0, 0.05) is 28.6 Å². The number of para-hydroxylation sites is 1. The van der Waals surface area contributed by atoms with E-state index < -0.39 is 5.66 Å². The molecule has 7 heteroatoms. The lowest BCUT2D eigenvalue weighted by molar-refractivity contribution is -0.117. The van der Waals surface area contributed by atoms with Gasteiger partial charge >= 0.3 is 0 Å². The summed E-state index contributed by atoms with van der Waals surface area (Å²) in [5.41, 5.74) is 1.17. The molecule has 28 heavy (non-hydrogen) atoms. The predicted octanol–water partition coefficient (Wildman–Crippen LogP) is 3.62. The second-order valence-electron chi connectivity index (χ2n) is 7.23. The van der Waals surface area contributed by atoms with E-state index in [0.717, 1.165) is 9.26 Å². The fourth-order valence-corrected chi connectivity index (χ4v) is 4.37. The van der Waals surface area contributed by atoms with Crippen molar-refractivity contribution in [2.24, 2.45) is 0 Å². The van der Waals surface area contributed by atoms with E-state index in [2.05, 4.69) is 27.9 Å². The molecular formula is C21H20IN3O3. The lowest BCUT2D eigenvalue weighted by Gasteiger charge is -2.48. The highest BCUT2D eigenvalue weighted by molar-refractivity contribution is 14.1. The minimum Gasteiger partial charge on any atom is -0.326 e. The molecule has 0 aliphatic carbocycles. The van der Waals surface area contributed by atoms with E-state index in [0.29, 0.717) is 24.1 Å². The fraction of sp³-hybridized carbons (Fsp3) is 0.286. The molecule has 0 spiro atoms. The number of halogens is 1. The van der Waals surface area contributed by atoms with E-state index in [9.17, 15) is 14.4 Å². The van der Waals surface area contributed by atoms with Gasteiger partial charge in [-0.1, -0.05) is 12.1 Å². The minimum absolute atomic E-state index is 0.00999. The van der Waals surface area contributed by atoms with Gasteiger partial charge in [0.1, 0.15) is 5.66 Å². The Labute approximate surface area is 177 Å². The van der Waals surface area contributed by atoms with Crippen molar-refractivity contribution in [3.8, 4) is 0 Å². The molecule has 1 unspecified atom stereocenters. The Kier molecular flexibility index (Phi) is 4.86. The third-order valence-electron chi connectivity index (χ3n) is 5.44. The van der Waals surface area contributed by atoms with Gasteiger partial charge < -0.3 is 10.2 Å². The third-order valence-corrected chi connectivity index (χ3v) is 6.16. The van der Waals surface area contributed by atoms with E-state index in [1.54, 1.807) is 21.9 Å². The number of nitrogens with zero attached hydrogens (tertiary/aromatic N) is 2. The van der Waals surface area contributed by atoms with E-state index in [1.807, 2.05) is 43.3 Å². The molecule has 1 N–H and O–H groups in total. The maximum atomic E-state index is 13.1. The highest BCUT2D eigenvalue weighted by Gasteiger charge is 2.52.